The summed E-state index contributed by atoms with van der Waals surface area (Å²) in [7, 11) is 2.87. The Bertz CT molecular complexity index is 471. The maximum Gasteiger partial charge on any atom is 0.314 e. The fourth-order valence-electron chi connectivity index (χ4n) is 2.06. The first-order chi connectivity index (χ1) is 9.42. The van der Waals surface area contributed by atoms with Gasteiger partial charge in [-0.25, -0.2) is 0 Å². The highest BCUT2D eigenvalue weighted by molar-refractivity contribution is 6.11. The largest absolute Gasteiger partial charge is 0.496 e. The summed E-state index contributed by atoms with van der Waals surface area (Å²) in [4.78, 5) is 23.9. The van der Waals surface area contributed by atoms with E-state index in [0.29, 0.717) is 11.5 Å². The van der Waals surface area contributed by atoms with E-state index in [-0.39, 0.29) is 17.9 Å². The van der Waals surface area contributed by atoms with Crippen LogP contribution in [0, 0.1) is 11.8 Å². The van der Waals surface area contributed by atoms with E-state index in [2.05, 4.69) is 0 Å². The van der Waals surface area contributed by atoms with Crippen LogP contribution >= 0.6 is 0 Å². The summed E-state index contributed by atoms with van der Waals surface area (Å²) in [5.41, 5.74) is 0.186. The summed E-state index contributed by atoms with van der Waals surface area (Å²) in [6.07, 6.45) is 0.273. The lowest BCUT2D eigenvalue weighted by Gasteiger charge is -2.17. The zero-order valence-corrected chi connectivity index (χ0v) is 12.2. The predicted octanol–water partition coefficient (Wildman–Crippen LogP) is 2.63. The van der Waals surface area contributed by atoms with Crippen molar-refractivity contribution in [2.75, 3.05) is 14.2 Å². The van der Waals surface area contributed by atoms with Crippen molar-refractivity contribution in [3.8, 4) is 11.5 Å². The third-order valence-electron chi connectivity index (χ3n) is 3.00. The molecule has 1 rings (SSSR count). The first-order valence-corrected chi connectivity index (χ1v) is 6.40. The Kier molecular flexibility index (Phi) is 5.55. The standard InChI is InChI=1S/C15H20O5/c1-9(2)8-10(15(17)18)14(16)13-11(19-3)6-5-7-12(13)20-4/h5-7,9-10H,8H2,1-4H3,(H,17,18). The van der Waals surface area contributed by atoms with Gasteiger partial charge in [0.15, 0.2) is 5.78 Å². The number of ketones is 1. The molecular weight excluding hydrogens is 260 g/mol. The maximum atomic E-state index is 12.5. The number of aliphatic carboxylic acids is 1. The van der Waals surface area contributed by atoms with E-state index < -0.39 is 17.7 Å². The molecule has 0 amide bonds. The minimum absolute atomic E-state index is 0.0979. The molecule has 0 aromatic heterocycles. The lowest BCUT2D eigenvalue weighted by atomic mass is 9.89. The molecule has 0 fully saturated rings. The average Bonchev–Trinajstić information content (AvgIpc) is 2.42. The fraction of sp³-hybridized carbons (Fsp3) is 0.467. The van der Waals surface area contributed by atoms with Gasteiger partial charge in [0.05, 0.1) is 14.2 Å². The van der Waals surface area contributed by atoms with Crippen LogP contribution in [0.15, 0.2) is 18.2 Å². The third kappa shape index (κ3) is 3.50. The summed E-state index contributed by atoms with van der Waals surface area (Å²) in [5.74, 6) is -1.97. The number of Topliss-reactive ketones (excluding diaryl/α,β-unsaturated/α-hetero) is 1. The van der Waals surface area contributed by atoms with Crippen molar-refractivity contribution in [3.63, 3.8) is 0 Å². The first kappa shape index (κ1) is 16.0. The number of carboxylic acids is 1. The zero-order chi connectivity index (χ0) is 15.3. The molecule has 0 heterocycles. The number of rotatable bonds is 7. The van der Waals surface area contributed by atoms with Gasteiger partial charge in [-0.1, -0.05) is 19.9 Å². The number of benzene rings is 1. The topological polar surface area (TPSA) is 72.8 Å². The Morgan fingerprint density at radius 1 is 1.15 bits per heavy atom. The number of carbonyl (C=O) groups excluding carboxylic acids is 1. The van der Waals surface area contributed by atoms with Gasteiger partial charge in [0, 0.05) is 0 Å². The highest BCUT2D eigenvalue weighted by atomic mass is 16.5. The Labute approximate surface area is 118 Å². The van der Waals surface area contributed by atoms with Gasteiger partial charge in [-0.05, 0) is 24.5 Å². The minimum Gasteiger partial charge on any atom is -0.496 e. The summed E-state index contributed by atoms with van der Waals surface area (Å²) in [6.45, 7) is 3.76. The first-order valence-electron chi connectivity index (χ1n) is 6.40. The van der Waals surface area contributed by atoms with E-state index in [1.54, 1.807) is 18.2 Å². The number of hydrogen-bond donors (Lipinski definition) is 1. The molecule has 0 aliphatic heterocycles. The lowest BCUT2D eigenvalue weighted by Crippen LogP contribution is -2.26. The molecule has 0 aliphatic rings. The van der Waals surface area contributed by atoms with Crippen molar-refractivity contribution >= 4 is 11.8 Å². The van der Waals surface area contributed by atoms with E-state index in [4.69, 9.17) is 9.47 Å². The lowest BCUT2D eigenvalue weighted by molar-refractivity contribution is -0.140. The van der Waals surface area contributed by atoms with Gasteiger partial charge in [0.2, 0.25) is 0 Å². The zero-order valence-electron chi connectivity index (χ0n) is 12.2. The molecule has 1 unspecified atom stereocenters. The second-order valence-corrected chi connectivity index (χ2v) is 4.92. The number of ether oxygens (including phenoxy) is 2. The van der Waals surface area contributed by atoms with Crippen LogP contribution < -0.4 is 9.47 Å². The van der Waals surface area contributed by atoms with Gasteiger partial charge in [0.1, 0.15) is 23.0 Å². The molecule has 1 N–H and O–H groups in total. The van der Waals surface area contributed by atoms with Crippen molar-refractivity contribution in [2.24, 2.45) is 11.8 Å². The highest BCUT2D eigenvalue weighted by Gasteiger charge is 2.32. The van der Waals surface area contributed by atoms with Crippen LogP contribution in [-0.4, -0.2) is 31.1 Å². The van der Waals surface area contributed by atoms with E-state index in [1.807, 2.05) is 13.8 Å². The molecule has 5 heteroatoms. The van der Waals surface area contributed by atoms with Gasteiger partial charge >= 0.3 is 5.97 Å². The predicted molar refractivity (Wildman–Crippen MR) is 74.5 cm³/mol. The monoisotopic (exact) mass is 280 g/mol. The van der Waals surface area contributed by atoms with Crippen molar-refractivity contribution in [2.45, 2.75) is 20.3 Å². The molecule has 1 atom stereocenters. The number of methoxy groups -OCH3 is 2. The Morgan fingerprint density at radius 2 is 1.65 bits per heavy atom. The van der Waals surface area contributed by atoms with Crippen molar-refractivity contribution in [1.29, 1.82) is 0 Å². The Balaban J connectivity index is 3.27. The van der Waals surface area contributed by atoms with Crippen molar-refractivity contribution in [1.82, 2.24) is 0 Å². The van der Waals surface area contributed by atoms with E-state index in [0.717, 1.165) is 0 Å². The molecule has 1 aromatic carbocycles. The van der Waals surface area contributed by atoms with Crippen LogP contribution in [0.1, 0.15) is 30.6 Å². The molecule has 0 saturated carbocycles. The second kappa shape index (κ2) is 6.93. The smallest absolute Gasteiger partial charge is 0.314 e. The van der Waals surface area contributed by atoms with E-state index >= 15 is 0 Å². The maximum absolute atomic E-state index is 12.5. The molecule has 5 nitrogen and oxygen atoms in total. The van der Waals surface area contributed by atoms with Gasteiger partial charge in [-0.15, -0.1) is 0 Å². The number of carboxylic acid groups (broad SMARTS) is 1. The van der Waals surface area contributed by atoms with Gasteiger partial charge in [0.25, 0.3) is 0 Å². The Hall–Kier alpha value is -2.04. The van der Waals surface area contributed by atoms with Crippen molar-refractivity contribution < 1.29 is 24.2 Å². The molecule has 20 heavy (non-hydrogen) atoms. The summed E-state index contributed by atoms with van der Waals surface area (Å²) in [6, 6.07) is 4.92. The Morgan fingerprint density at radius 3 is 2.00 bits per heavy atom. The third-order valence-corrected chi connectivity index (χ3v) is 3.00. The number of hydrogen-bond acceptors (Lipinski definition) is 4. The number of carbonyl (C=O) groups is 2. The van der Waals surface area contributed by atoms with Gasteiger partial charge in [-0.3, -0.25) is 9.59 Å². The normalized spacial score (nSPS) is 12.1. The van der Waals surface area contributed by atoms with E-state index in [1.165, 1.54) is 14.2 Å². The molecule has 0 radical (unpaired) electrons. The molecular formula is C15H20O5. The molecule has 110 valence electrons. The van der Waals surface area contributed by atoms with E-state index in [9.17, 15) is 14.7 Å². The highest BCUT2D eigenvalue weighted by Crippen LogP contribution is 2.32. The van der Waals surface area contributed by atoms with Crippen LogP contribution in [0.5, 0.6) is 11.5 Å². The van der Waals surface area contributed by atoms with Crippen LogP contribution in [0.3, 0.4) is 0 Å². The molecule has 0 saturated heterocycles. The van der Waals surface area contributed by atoms with Gasteiger partial charge < -0.3 is 14.6 Å². The van der Waals surface area contributed by atoms with Crippen LogP contribution in [0.2, 0.25) is 0 Å². The van der Waals surface area contributed by atoms with Crippen LogP contribution in [-0.2, 0) is 4.79 Å². The van der Waals surface area contributed by atoms with Crippen LogP contribution in [0.25, 0.3) is 0 Å². The minimum atomic E-state index is -1.13. The molecule has 0 spiro atoms. The molecule has 0 aliphatic carbocycles. The summed E-state index contributed by atoms with van der Waals surface area (Å²) >= 11 is 0. The summed E-state index contributed by atoms with van der Waals surface area (Å²) < 4.78 is 10.3. The summed E-state index contributed by atoms with van der Waals surface area (Å²) in [5, 5.41) is 9.28. The average molecular weight is 280 g/mol. The second-order valence-electron chi connectivity index (χ2n) is 4.92. The van der Waals surface area contributed by atoms with Crippen molar-refractivity contribution in [3.05, 3.63) is 23.8 Å². The van der Waals surface area contributed by atoms with Gasteiger partial charge in [-0.2, -0.15) is 0 Å². The molecule has 1 aromatic rings. The molecule has 0 bridgehead atoms. The fourth-order valence-corrected chi connectivity index (χ4v) is 2.06. The quantitative estimate of drug-likeness (QED) is 0.614. The van der Waals surface area contributed by atoms with Crippen LogP contribution in [0.4, 0.5) is 0 Å². The SMILES string of the molecule is COc1cccc(OC)c1C(=O)C(CC(C)C)C(=O)O.